The molecule has 0 fully saturated rings. The average molecular weight is 258 g/mol. The summed E-state index contributed by atoms with van der Waals surface area (Å²) in [6.45, 7) is 4.56. The lowest BCUT2D eigenvalue weighted by atomic mass is 9.87. The van der Waals surface area contributed by atoms with Crippen LogP contribution in [0.25, 0.3) is 0 Å². The fraction of sp³-hybridized carbons (Fsp3) is 0.312. The highest BCUT2D eigenvalue weighted by Gasteiger charge is 2.25. The Morgan fingerprint density at radius 3 is 2.53 bits per heavy atom. The van der Waals surface area contributed by atoms with Crippen molar-refractivity contribution >= 4 is 5.97 Å². The van der Waals surface area contributed by atoms with Crippen molar-refractivity contribution in [3.05, 3.63) is 58.9 Å². The van der Waals surface area contributed by atoms with E-state index >= 15 is 0 Å². The number of esters is 1. The molecule has 1 aromatic rings. The fourth-order valence-corrected chi connectivity index (χ4v) is 2.19. The number of allylic oxidation sites excluding steroid dienone is 2. The average Bonchev–Trinajstić information content (AvgIpc) is 2.46. The molecule has 0 saturated carbocycles. The first-order valence-electron chi connectivity index (χ1n) is 6.27. The van der Waals surface area contributed by atoms with Crippen LogP contribution in [0.5, 0.6) is 0 Å². The molecule has 1 heterocycles. The Labute approximate surface area is 113 Å². The largest absolute Gasteiger partial charge is 0.482 e. The molecular weight excluding hydrogens is 240 g/mol. The summed E-state index contributed by atoms with van der Waals surface area (Å²) in [5.74, 6) is -0.0517. The highest BCUT2D eigenvalue weighted by atomic mass is 16.6. The smallest absolute Gasteiger partial charge is 0.373 e. The van der Waals surface area contributed by atoms with Crippen molar-refractivity contribution in [2.24, 2.45) is 0 Å². The molecule has 0 spiro atoms. The third-order valence-electron chi connectivity index (χ3n) is 3.26. The molecule has 0 aromatic heterocycles. The summed E-state index contributed by atoms with van der Waals surface area (Å²) < 4.78 is 10.2. The molecule has 2 rings (SSSR count). The molecule has 3 nitrogen and oxygen atoms in total. The SMILES string of the molecule is COC(=O)C1=C[C@@H](c2ccccc2)C(=C(C)C)CO1. The second kappa shape index (κ2) is 5.74. The number of carbonyl (C=O) groups is 1. The van der Waals surface area contributed by atoms with Gasteiger partial charge in [-0.1, -0.05) is 35.9 Å². The second-order valence-electron chi connectivity index (χ2n) is 4.72. The molecule has 1 aromatic carbocycles. The lowest BCUT2D eigenvalue weighted by Crippen LogP contribution is -2.19. The lowest BCUT2D eigenvalue weighted by molar-refractivity contribution is -0.140. The number of carbonyl (C=O) groups excluding carboxylic acids is 1. The number of rotatable bonds is 2. The standard InChI is InChI=1S/C16H18O3/c1-11(2)14-10-19-15(16(17)18-3)9-13(14)12-7-5-4-6-8-12/h4-9,13H,10H2,1-3H3/t13-/m0/s1. The molecule has 3 heteroatoms. The number of methoxy groups -OCH3 is 1. The van der Waals surface area contributed by atoms with E-state index < -0.39 is 5.97 Å². The monoisotopic (exact) mass is 258 g/mol. The Morgan fingerprint density at radius 1 is 1.26 bits per heavy atom. The first-order valence-corrected chi connectivity index (χ1v) is 6.27. The predicted octanol–water partition coefficient (Wildman–Crippen LogP) is 3.19. The quantitative estimate of drug-likeness (QED) is 0.603. The van der Waals surface area contributed by atoms with Gasteiger partial charge in [0, 0.05) is 5.92 Å². The van der Waals surface area contributed by atoms with Crippen molar-refractivity contribution < 1.29 is 14.3 Å². The highest BCUT2D eigenvalue weighted by molar-refractivity contribution is 5.86. The summed E-state index contributed by atoms with van der Waals surface area (Å²) in [5.41, 5.74) is 3.57. The number of hydrogen-bond donors (Lipinski definition) is 0. The van der Waals surface area contributed by atoms with Crippen LogP contribution >= 0.6 is 0 Å². The van der Waals surface area contributed by atoms with Gasteiger partial charge in [0.15, 0.2) is 0 Å². The predicted molar refractivity (Wildman–Crippen MR) is 73.6 cm³/mol. The minimum Gasteiger partial charge on any atom is -0.482 e. The fourth-order valence-electron chi connectivity index (χ4n) is 2.19. The van der Waals surface area contributed by atoms with E-state index in [-0.39, 0.29) is 5.92 Å². The minimum absolute atomic E-state index is 0.0778. The molecule has 0 amide bonds. The number of benzene rings is 1. The van der Waals surface area contributed by atoms with Gasteiger partial charge in [-0.05, 0) is 31.1 Å². The molecule has 1 aliphatic rings. The van der Waals surface area contributed by atoms with Crippen LogP contribution in [-0.2, 0) is 14.3 Å². The van der Waals surface area contributed by atoms with Gasteiger partial charge in [-0.15, -0.1) is 0 Å². The Hall–Kier alpha value is -2.03. The summed E-state index contributed by atoms with van der Waals surface area (Å²) in [6.07, 6.45) is 1.84. The number of hydrogen-bond acceptors (Lipinski definition) is 3. The summed E-state index contributed by atoms with van der Waals surface area (Å²) in [4.78, 5) is 11.6. The molecule has 19 heavy (non-hydrogen) atoms. The third-order valence-corrected chi connectivity index (χ3v) is 3.26. The maximum atomic E-state index is 11.6. The highest BCUT2D eigenvalue weighted by Crippen LogP contribution is 2.33. The van der Waals surface area contributed by atoms with Gasteiger partial charge >= 0.3 is 5.97 Å². The zero-order valence-electron chi connectivity index (χ0n) is 11.5. The van der Waals surface area contributed by atoms with Crippen LogP contribution in [0.3, 0.4) is 0 Å². The van der Waals surface area contributed by atoms with E-state index in [0.717, 1.165) is 5.56 Å². The molecule has 100 valence electrons. The van der Waals surface area contributed by atoms with Crippen LogP contribution < -0.4 is 0 Å². The maximum Gasteiger partial charge on any atom is 0.373 e. The van der Waals surface area contributed by atoms with E-state index in [1.165, 1.54) is 18.3 Å². The Morgan fingerprint density at radius 2 is 1.95 bits per heavy atom. The summed E-state index contributed by atoms with van der Waals surface area (Å²) >= 11 is 0. The van der Waals surface area contributed by atoms with Gasteiger partial charge in [-0.2, -0.15) is 0 Å². The molecule has 0 unspecified atom stereocenters. The van der Waals surface area contributed by atoms with E-state index in [1.54, 1.807) is 0 Å². The third kappa shape index (κ3) is 2.87. The summed E-state index contributed by atoms with van der Waals surface area (Å²) in [5, 5.41) is 0. The van der Waals surface area contributed by atoms with Crippen molar-refractivity contribution in [1.29, 1.82) is 0 Å². The molecule has 0 aliphatic carbocycles. The normalized spacial score (nSPS) is 18.4. The minimum atomic E-state index is -0.422. The van der Waals surface area contributed by atoms with Crippen LogP contribution in [0.1, 0.15) is 25.3 Å². The van der Waals surface area contributed by atoms with Crippen LogP contribution in [0.2, 0.25) is 0 Å². The van der Waals surface area contributed by atoms with Gasteiger partial charge in [0.2, 0.25) is 5.76 Å². The lowest BCUT2D eigenvalue weighted by Gasteiger charge is -2.26. The molecule has 1 aliphatic heterocycles. The Bertz CT molecular complexity index is 522. The van der Waals surface area contributed by atoms with Crippen molar-refractivity contribution in [1.82, 2.24) is 0 Å². The number of ether oxygens (including phenoxy) is 2. The van der Waals surface area contributed by atoms with Crippen LogP contribution in [0, 0.1) is 0 Å². The van der Waals surface area contributed by atoms with Crippen LogP contribution in [0.15, 0.2) is 53.3 Å². The van der Waals surface area contributed by atoms with E-state index in [0.29, 0.717) is 12.4 Å². The first-order chi connectivity index (χ1) is 9.13. The van der Waals surface area contributed by atoms with E-state index in [1.807, 2.05) is 24.3 Å². The molecular formula is C16H18O3. The maximum absolute atomic E-state index is 11.6. The van der Waals surface area contributed by atoms with Crippen LogP contribution in [0.4, 0.5) is 0 Å². The van der Waals surface area contributed by atoms with Crippen molar-refractivity contribution in [3.63, 3.8) is 0 Å². The van der Waals surface area contributed by atoms with E-state index in [4.69, 9.17) is 9.47 Å². The van der Waals surface area contributed by atoms with Gasteiger partial charge < -0.3 is 9.47 Å². The molecule has 0 saturated heterocycles. The first kappa shape index (κ1) is 13.4. The topological polar surface area (TPSA) is 35.5 Å². The zero-order chi connectivity index (χ0) is 13.8. The summed E-state index contributed by atoms with van der Waals surface area (Å²) in [7, 11) is 1.36. The molecule has 1 atom stereocenters. The second-order valence-corrected chi connectivity index (χ2v) is 4.72. The molecule has 0 radical (unpaired) electrons. The zero-order valence-corrected chi connectivity index (χ0v) is 11.5. The van der Waals surface area contributed by atoms with Crippen molar-refractivity contribution in [2.75, 3.05) is 13.7 Å². The summed E-state index contributed by atoms with van der Waals surface area (Å²) in [6, 6.07) is 10.1. The van der Waals surface area contributed by atoms with Gasteiger partial charge in [0.25, 0.3) is 0 Å². The Kier molecular flexibility index (Phi) is 4.05. The van der Waals surface area contributed by atoms with E-state index in [9.17, 15) is 4.79 Å². The van der Waals surface area contributed by atoms with Gasteiger partial charge in [-0.3, -0.25) is 0 Å². The van der Waals surface area contributed by atoms with Gasteiger partial charge in [-0.25, -0.2) is 4.79 Å². The van der Waals surface area contributed by atoms with Gasteiger partial charge in [0.05, 0.1) is 7.11 Å². The van der Waals surface area contributed by atoms with Crippen LogP contribution in [-0.4, -0.2) is 19.7 Å². The van der Waals surface area contributed by atoms with E-state index in [2.05, 4.69) is 26.0 Å². The van der Waals surface area contributed by atoms with Crippen molar-refractivity contribution in [2.45, 2.75) is 19.8 Å². The molecule has 0 bridgehead atoms. The molecule has 0 N–H and O–H groups in total. The Balaban J connectivity index is 2.44. The van der Waals surface area contributed by atoms with Gasteiger partial charge in [0.1, 0.15) is 6.61 Å². The van der Waals surface area contributed by atoms with Crippen molar-refractivity contribution in [3.8, 4) is 0 Å².